The molecule has 3 nitrogen and oxygen atoms in total. The number of nitrogens with two attached hydrogens (primary N) is 1. The van der Waals surface area contributed by atoms with E-state index in [-0.39, 0.29) is 11.8 Å². The van der Waals surface area contributed by atoms with Gasteiger partial charge in [-0.1, -0.05) is 24.1 Å². The highest BCUT2D eigenvalue weighted by Gasteiger charge is 2.10. The van der Waals surface area contributed by atoms with Gasteiger partial charge in [0.1, 0.15) is 5.75 Å². The van der Waals surface area contributed by atoms with E-state index in [1.807, 2.05) is 31.2 Å². The first-order valence-electron chi connectivity index (χ1n) is 5.94. The minimum Gasteiger partial charge on any atom is -0.504 e. The van der Waals surface area contributed by atoms with Crippen LogP contribution >= 0.6 is 0 Å². The maximum atomic E-state index is 9.86. The van der Waals surface area contributed by atoms with Gasteiger partial charge in [0, 0.05) is 17.2 Å². The second-order valence-corrected chi connectivity index (χ2v) is 4.26. The predicted molar refractivity (Wildman–Crippen MR) is 75.2 cm³/mol. The first-order chi connectivity index (χ1) is 9.11. The van der Waals surface area contributed by atoms with Crippen molar-refractivity contribution in [2.75, 3.05) is 0 Å². The van der Waals surface area contributed by atoms with Crippen molar-refractivity contribution in [1.82, 2.24) is 0 Å². The Morgan fingerprint density at radius 2 is 1.95 bits per heavy atom. The Bertz CT molecular complexity index is 627. The number of benzene rings is 2. The molecular weight excluding hydrogens is 238 g/mol. The molecule has 96 valence electrons. The Hall–Kier alpha value is -2.44. The van der Waals surface area contributed by atoms with Gasteiger partial charge in [-0.25, -0.2) is 0 Å². The molecule has 2 aromatic carbocycles. The number of rotatable bonds is 3. The average Bonchev–Trinajstić information content (AvgIpc) is 2.41. The summed E-state index contributed by atoms with van der Waals surface area (Å²) in [6, 6.07) is 12.2. The van der Waals surface area contributed by atoms with E-state index in [0.29, 0.717) is 17.1 Å². The van der Waals surface area contributed by atoms with Gasteiger partial charge in [-0.05, 0) is 31.2 Å². The zero-order chi connectivity index (χ0) is 13.8. The largest absolute Gasteiger partial charge is 0.504 e. The number of para-hydroxylation sites is 1. The summed E-state index contributed by atoms with van der Waals surface area (Å²) in [7, 11) is 0. The molecule has 19 heavy (non-hydrogen) atoms. The molecule has 0 aliphatic carbocycles. The van der Waals surface area contributed by atoms with Crippen molar-refractivity contribution in [1.29, 1.82) is 0 Å². The number of hydrogen-bond acceptors (Lipinski definition) is 3. The number of aromatic hydroxyl groups is 1. The van der Waals surface area contributed by atoms with Gasteiger partial charge in [0.15, 0.2) is 11.5 Å². The van der Waals surface area contributed by atoms with Crippen molar-refractivity contribution in [3.8, 4) is 29.6 Å². The molecule has 3 N–H and O–H groups in total. The number of phenols is 1. The normalized spacial score (nSPS) is 11.6. The molecule has 0 saturated heterocycles. The van der Waals surface area contributed by atoms with Gasteiger partial charge in [0.2, 0.25) is 0 Å². The second-order valence-electron chi connectivity index (χ2n) is 4.26. The van der Waals surface area contributed by atoms with Crippen LogP contribution in [-0.2, 0) is 0 Å². The summed E-state index contributed by atoms with van der Waals surface area (Å²) < 4.78 is 5.70. The summed E-state index contributed by atoms with van der Waals surface area (Å²) in [4.78, 5) is 0. The van der Waals surface area contributed by atoms with Crippen LogP contribution in [0.3, 0.4) is 0 Å². The first kappa shape index (κ1) is 13.0. The Kier molecular flexibility index (Phi) is 3.74. The molecule has 0 spiro atoms. The Labute approximate surface area is 112 Å². The molecule has 1 unspecified atom stereocenters. The van der Waals surface area contributed by atoms with Crippen LogP contribution in [0.2, 0.25) is 0 Å². The molecule has 0 bridgehead atoms. The van der Waals surface area contributed by atoms with E-state index in [4.69, 9.17) is 16.9 Å². The topological polar surface area (TPSA) is 55.5 Å². The SMILES string of the molecule is C#Cc1ccc(Oc2ccccc2C(C)N)c(O)c1. The van der Waals surface area contributed by atoms with Gasteiger partial charge in [-0.3, -0.25) is 0 Å². The molecule has 2 rings (SSSR count). The van der Waals surface area contributed by atoms with E-state index in [2.05, 4.69) is 5.92 Å². The smallest absolute Gasteiger partial charge is 0.169 e. The summed E-state index contributed by atoms with van der Waals surface area (Å²) in [5, 5.41) is 9.86. The van der Waals surface area contributed by atoms with Gasteiger partial charge in [-0.2, -0.15) is 0 Å². The fraction of sp³-hybridized carbons (Fsp3) is 0.125. The van der Waals surface area contributed by atoms with Crippen LogP contribution in [0.4, 0.5) is 0 Å². The molecule has 0 aliphatic rings. The van der Waals surface area contributed by atoms with Gasteiger partial charge < -0.3 is 15.6 Å². The van der Waals surface area contributed by atoms with Crippen molar-refractivity contribution < 1.29 is 9.84 Å². The number of hydrogen-bond donors (Lipinski definition) is 2. The third kappa shape index (κ3) is 2.87. The average molecular weight is 253 g/mol. The monoisotopic (exact) mass is 253 g/mol. The number of ether oxygens (including phenoxy) is 1. The maximum absolute atomic E-state index is 9.86. The molecule has 0 aliphatic heterocycles. The van der Waals surface area contributed by atoms with Crippen LogP contribution in [0, 0.1) is 12.3 Å². The standard InChI is InChI=1S/C16H15NO2/c1-3-12-8-9-16(14(18)10-12)19-15-7-5-4-6-13(15)11(2)17/h1,4-11,18H,17H2,2H3. The Morgan fingerprint density at radius 3 is 2.58 bits per heavy atom. The molecule has 3 heteroatoms. The third-order valence-corrected chi connectivity index (χ3v) is 2.76. The zero-order valence-corrected chi connectivity index (χ0v) is 10.6. The highest BCUT2D eigenvalue weighted by Crippen LogP contribution is 2.34. The highest BCUT2D eigenvalue weighted by molar-refractivity contribution is 5.49. The summed E-state index contributed by atoms with van der Waals surface area (Å²) in [6.07, 6.45) is 5.27. The molecule has 0 amide bonds. The summed E-state index contributed by atoms with van der Waals surface area (Å²) in [5.74, 6) is 3.44. The van der Waals surface area contributed by atoms with Crippen LogP contribution in [0.1, 0.15) is 24.1 Å². The molecular formula is C16H15NO2. The van der Waals surface area contributed by atoms with Crippen molar-refractivity contribution in [3.63, 3.8) is 0 Å². The Balaban J connectivity index is 2.34. The van der Waals surface area contributed by atoms with E-state index in [1.165, 1.54) is 6.07 Å². The summed E-state index contributed by atoms with van der Waals surface area (Å²) in [6.45, 7) is 1.88. The van der Waals surface area contributed by atoms with Gasteiger partial charge in [0.05, 0.1) is 0 Å². The van der Waals surface area contributed by atoms with Crippen LogP contribution in [-0.4, -0.2) is 5.11 Å². The lowest BCUT2D eigenvalue weighted by Crippen LogP contribution is -2.06. The van der Waals surface area contributed by atoms with Crippen LogP contribution in [0.25, 0.3) is 0 Å². The van der Waals surface area contributed by atoms with Crippen LogP contribution in [0.15, 0.2) is 42.5 Å². The lowest BCUT2D eigenvalue weighted by molar-refractivity contribution is 0.407. The second kappa shape index (κ2) is 5.47. The van der Waals surface area contributed by atoms with Crippen molar-refractivity contribution in [2.24, 2.45) is 5.73 Å². The molecule has 0 fully saturated rings. The van der Waals surface area contributed by atoms with E-state index < -0.39 is 0 Å². The van der Waals surface area contributed by atoms with Gasteiger partial charge in [0.25, 0.3) is 0 Å². The molecule has 1 atom stereocenters. The van der Waals surface area contributed by atoms with Gasteiger partial charge >= 0.3 is 0 Å². The fourth-order valence-corrected chi connectivity index (χ4v) is 1.76. The molecule has 0 aromatic heterocycles. The lowest BCUT2D eigenvalue weighted by Gasteiger charge is -2.14. The summed E-state index contributed by atoms with van der Waals surface area (Å²) >= 11 is 0. The zero-order valence-electron chi connectivity index (χ0n) is 10.6. The van der Waals surface area contributed by atoms with Crippen molar-refractivity contribution >= 4 is 0 Å². The van der Waals surface area contributed by atoms with E-state index >= 15 is 0 Å². The molecule has 0 saturated carbocycles. The number of phenolic OH excluding ortho intramolecular Hbond substituents is 1. The third-order valence-electron chi connectivity index (χ3n) is 2.76. The highest BCUT2D eigenvalue weighted by atomic mass is 16.5. The van der Waals surface area contributed by atoms with Crippen LogP contribution in [0.5, 0.6) is 17.2 Å². The van der Waals surface area contributed by atoms with E-state index in [1.54, 1.807) is 12.1 Å². The van der Waals surface area contributed by atoms with Crippen molar-refractivity contribution in [3.05, 3.63) is 53.6 Å². The molecule has 0 heterocycles. The fourth-order valence-electron chi connectivity index (χ4n) is 1.76. The molecule has 2 aromatic rings. The lowest BCUT2D eigenvalue weighted by atomic mass is 10.1. The predicted octanol–water partition coefficient (Wildman–Crippen LogP) is 3.19. The number of terminal acetylenes is 1. The molecule has 0 radical (unpaired) electrons. The summed E-state index contributed by atoms with van der Waals surface area (Å²) in [5.41, 5.74) is 7.36. The van der Waals surface area contributed by atoms with Gasteiger partial charge in [-0.15, -0.1) is 6.42 Å². The maximum Gasteiger partial charge on any atom is 0.169 e. The van der Waals surface area contributed by atoms with E-state index in [0.717, 1.165) is 5.56 Å². The minimum atomic E-state index is -0.150. The first-order valence-corrected chi connectivity index (χ1v) is 5.94. The van der Waals surface area contributed by atoms with E-state index in [9.17, 15) is 5.11 Å². The van der Waals surface area contributed by atoms with Crippen molar-refractivity contribution in [2.45, 2.75) is 13.0 Å². The van der Waals surface area contributed by atoms with Crippen LogP contribution < -0.4 is 10.5 Å². The quantitative estimate of drug-likeness (QED) is 0.826. The Morgan fingerprint density at radius 1 is 1.21 bits per heavy atom. The minimum absolute atomic E-state index is 0.00919.